The molecule has 1 aromatic rings. The zero-order valence-electron chi connectivity index (χ0n) is 13.1. The second-order valence-electron chi connectivity index (χ2n) is 7.33. The van der Waals surface area contributed by atoms with E-state index in [1.54, 1.807) is 0 Å². The molecule has 0 saturated heterocycles. The fraction of sp³-hybridized carbons (Fsp3) is 0.647. The highest BCUT2D eigenvalue weighted by Crippen LogP contribution is 2.39. The molecular formula is C17H27ClO. The van der Waals surface area contributed by atoms with Gasteiger partial charge in [0.15, 0.2) is 0 Å². The van der Waals surface area contributed by atoms with Crippen molar-refractivity contribution < 1.29 is 5.11 Å². The lowest BCUT2D eigenvalue weighted by Gasteiger charge is -2.28. The predicted octanol–water partition coefficient (Wildman–Crippen LogP) is 5.16. The van der Waals surface area contributed by atoms with Crippen LogP contribution in [0, 0.1) is 0 Å². The van der Waals surface area contributed by atoms with Crippen LogP contribution in [0.15, 0.2) is 12.1 Å². The van der Waals surface area contributed by atoms with Gasteiger partial charge >= 0.3 is 0 Å². The van der Waals surface area contributed by atoms with Crippen molar-refractivity contribution in [2.75, 3.05) is 5.88 Å². The number of aromatic hydroxyl groups is 1. The summed E-state index contributed by atoms with van der Waals surface area (Å²) in [5, 5.41) is 10.6. The Kier molecular flexibility index (Phi) is 4.95. The lowest BCUT2D eigenvalue weighted by molar-refractivity contribution is 0.422. The first-order valence-electron chi connectivity index (χ1n) is 7.00. The van der Waals surface area contributed by atoms with Gasteiger partial charge in [-0.3, -0.25) is 0 Å². The third-order valence-electron chi connectivity index (χ3n) is 3.38. The van der Waals surface area contributed by atoms with Crippen molar-refractivity contribution in [2.24, 2.45) is 0 Å². The number of halogens is 1. The van der Waals surface area contributed by atoms with Gasteiger partial charge in [-0.2, -0.15) is 0 Å². The third kappa shape index (κ3) is 4.14. The second kappa shape index (κ2) is 5.75. The van der Waals surface area contributed by atoms with E-state index in [-0.39, 0.29) is 10.8 Å². The Labute approximate surface area is 123 Å². The zero-order chi connectivity index (χ0) is 14.8. The van der Waals surface area contributed by atoms with Gasteiger partial charge in [-0.25, -0.2) is 0 Å². The van der Waals surface area contributed by atoms with Crippen molar-refractivity contribution in [1.29, 1.82) is 0 Å². The highest BCUT2D eigenvalue weighted by molar-refractivity contribution is 6.17. The maximum atomic E-state index is 10.6. The number of hydrogen-bond donors (Lipinski definition) is 1. The second-order valence-corrected chi connectivity index (χ2v) is 7.71. The maximum Gasteiger partial charge on any atom is 0.123 e. The van der Waals surface area contributed by atoms with Crippen LogP contribution in [0.4, 0.5) is 0 Å². The molecule has 0 bridgehead atoms. The van der Waals surface area contributed by atoms with Crippen molar-refractivity contribution in [3.8, 4) is 5.75 Å². The Morgan fingerprint density at radius 1 is 0.947 bits per heavy atom. The standard InChI is InChI=1S/C17H27ClO/c1-16(2,3)13-10-12(8-7-9-18)11-14(15(13)19)17(4,5)6/h10-11,19H,7-9H2,1-6H3. The molecule has 1 nitrogen and oxygen atoms in total. The van der Waals surface area contributed by atoms with Crippen LogP contribution < -0.4 is 0 Å². The normalized spacial score (nSPS) is 12.8. The monoisotopic (exact) mass is 282 g/mol. The molecule has 0 aliphatic carbocycles. The van der Waals surface area contributed by atoms with E-state index in [0.717, 1.165) is 24.0 Å². The van der Waals surface area contributed by atoms with Crippen LogP contribution in [-0.2, 0) is 17.3 Å². The molecule has 0 heterocycles. The molecular weight excluding hydrogens is 256 g/mol. The summed E-state index contributed by atoms with van der Waals surface area (Å²) in [7, 11) is 0. The summed E-state index contributed by atoms with van der Waals surface area (Å²) < 4.78 is 0. The molecule has 0 aliphatic heterocycles. The zero-order valence-corrected chi connectivity index (χ0v) is 13.9. The average Bonchev–Trinajstić information content (AvgIpc) is 2.24. The van der Waals surface area contributed by atoms with E-state index in [9.17, 15) is 5.11 Å². The Bertz CT molecular complexity index is 401. The minimum Gasteiger partial charge on any atom is -0.507 e. The van der Waals surface area contributed by atoms with Crippen molar-refractivity contribution in [1.82, 2.24) is 0 Å². The van der Waals surface area contributed by atoms with E-state index in [4.69, 9.17) is 11.6 Å². The smallest absolute Gasteiger partial charge is 0.123 e. The fourth-order valence-electron chi connectivity index (χ4n) is 2.25. The molecule has 0 unspecified atom stereocenters. The molecule has 108 valence electrons. The first kappa shape index (κ1) is 16.4. The molecule has 0 fully saturated rings. The summed E-state index contributed by atoms with van der Waals surface area (Å²) in [5.41, 5.74) is 3.23. The van der Waals surface area contributed by atoms with E-state index < -0.39 is 0 Å². The van der Waals surface area contributed by atoms with Crippen LogP contribution in [0.25, 0.3) is 0 Å². The Balaban J connectivity index is 3.39. The lowest BCUT2D eigenvalue weighted by atomic mass is 9.78. The van der Waals surface area contributed by atoms with Crippen LogP contribution in [0.3, 0.4) is 0 Å². The van der Waals surface area contributed by atoms with E-state index >= 15 is 0 Å². The minimum absolute atomic E-state index is 0.0545. The molecule has 2 heteroatoms. The van der Waals surface area contributed by atoms with Gasteiger partial charge in [0, 0.05) is 5.88 Å². The number of rotatable bonds is 3. The van der Waals surface area contributed by atoms with Crippen LogP contribution in [0.1, 0.15) is 64.7 Å². The Morgan fingerprint density at radius 3 is 1.68 bits per heavy atom. The summed E-state index contributed by atoms with van der Waals surface area (Å²) in [6, 6.07) is 4.27. The highest BCUT2D eigenvalue weighted by Gasteiger charge is 2.26. The number of benzene rings is 1. The summed E-state index contributed by atoms with van der Waals surface area (Å²) in [6.07, 6.45) is 1.94. The molecule has 0 amide bonds. The predicted molar refractivity (Wildman–Crippen MR) is 84.5 cm³/mol. The van der Waals surface area contributed by atoms with Gasteiger partial charge in [0.05, 0.1) is 0 Å². The SMILES string of the molecule is CC(C)(C)c1cc(CCCCl)cc(C(C)(C)C)c1O. The lowest BCUT2D eigenvalue weighted by Crippen LogP contribution is -2.18. The molecule has 19 heavy (non-hydrogen) atoms. The largest absolute Gasteiger partial charge is 0.507 e. The van der Waals surface area contributed by atoms with Crippen molar-refractivity contribution in [3.63, 3.8) is 0 Å². The number of aryl methyl sites for hydroxylation is 1. The quantitative estimate of drug-likeness (QED) is 0.759. The Hall–Kier alpha value is -0.690. The summed E-state index contributed by atoms with van der Waals surface area (Å²) in [5.74, 6) is 1.13. The molecule has 0 spiro atoms. The van der Waals surface area contributed by atoms with E-state index in [0.29, 0.717) is 11.6 Å². The van der Waals surface area contributed by atoms with E-state index in [1.807, 2.05) is 0 Å². The maximum absolute atomic E-state index is 10.6. The molecule has 0 atom stereocenters. The Morgan fingerprint density at radius 2 is 1.37 bits per heavy atom. The van der Waals surface area contributed by atoms with E-state index in [2.05, 4.69) is 53.7 Å². The molecule has 1 aromatic carbocycles. The summed E-state index contributed by atoms with van der Waals surface area (Å²) in [6.45, 7) is 12.8. The summed E-state index contributed by atoms with van der Waals surface area (Å²) >= 11 is 5.79. The van der Waals surface area contributed by atoms with Crippen molar-refractivity contribution in [3.05, 3.63) is 28.8 Å². The molecule has 0 saturated carbocycles. The van der Waals surface area contributed by atoms with E-state index in [1.165, 1.54) is 5.56 Å². The first-order chi connectivity index (χ1) is 8.57. The molecule has 1 N–H and O–H groups in total. The van der Waals surface area contributed by atoms with Gasteiger partial charge in [-0.1, -0.05) is 53.7 Å². The van der Waals surface area contributed by atoms with Crippen molar-refractivity contribution in [2.45, 2.75) is 65.2 Å². The highest BCUT2D eigenvalue weighted by atomic mass is 35.5. The van der Waals surface area contributed by atoms with Gasteiger partial charge in [0.2, 0.25) is 0 Å². The van der Waals surface area contributed by atoms with Gasteiger partial charge < -0.3 is 5.11 Å². The van der Waals surface area contributed by atoms with Crippen LogP contribution in [0.5, 0.6) is 5.75 Å². The number of phenolic OH excluding ortho intramolecular Hbond substituents is 1. The van der Waals surface area contributed by atoms with Gasteiger partial charge in [-0.05, 0) is 40.4 Å². The third-order valence-corrected chi connectivity index (χ3v) is 3.65. The van der Waals surface area contributed by atoms with Crippen molar-refractivity contribution >= 4 is 11.6 Å². The van der Waals surface area contributed by atoms with Gasteiger partial charge in [0.25, 0.3) is 0 Å². The molecule has 0 aliphatic rings. The molecule has 0 radical (unpaired) electrons. The number of alkyl halides is 1. The van der Waals surface area contributed by atoms with Gasteiger partial charge in [-0.15, -0.1) is 11.6 Å². The first-order valence-corrected chi connectivity index (χ1v) is 7.53. The van der Waals surface area contributed by atoms with Crippen LogP contribution in [-0.4, -0.2) is 11.0 Å². The number of hydrogen-bond acceptors (Lipinski definition) is 1. The van der Waals surface area contributed by atoms with Gasteiger partial charge in [0.1, 0.15) is 5.75 Å². The number of phenols is 1. The van der Waals surface area contributed by atoms with Crippen LogP contribution in [0.2, 0.25) is 0 Å². The fourth-order valence-corrected chi connectivity index (χ4v) is 2.39. The molecule has 1 rings (SSSR count). The average molecular weight is 283 g/mol. The minimum atomic E-state index is -0.0545. The topological polar surface area (TPSA) is 20.2 Å². The molecule has 0 aromatic heterocycles. The summed E-state index contributed by atoms with van der Waals surface area (Å²) in [4.78, 5) is 0. The van der Waals surface area contributed by atoms with Crippen LogP contribution >= 0.6 is 11.6 Å².